The molecule has 0 saturated carbocycles. The van der Waals surface area contributed by atoms with Gasteiger partial charge in [-0.25, -0.2) is 4.98 Å². The number of ether oxygens (including phenoxy) is 3. The lowest BCUT2D eigenvalue weighted by Gasteiger charge is -2.08. The van der Waals surface area contributed by atoms with Crippen molar-refractivity contribution in [2.75, 3.05) is 26.6 Å². The van der Waals surface area contributed by atoms with E-state index in [4.69, 9.17) is 14.2 Å². The van der Waals surface area contributed by atoms with Gasteiger partial charge in [-0.3, -0.25) is 10.1 Å². The molecule has 2 aromatic carbocycles. The molecule has 0 saturated heterocycles. The van der Waals surface area contributed by atoms with Crippen LogP contribution in [0, 0.1) is 0 Å². The third-order valence-corrected chi connectivity index (χ3v) is 4.61. The highest BCUT2D eigenvalue weighted by atomic mass is 32.1. The highest BCUT2D eigenvalue weighted by molar-refractivity contribution is 7.14. The second kappa shape index (κ2) is 7.96. The molecule has 7 nitrogen and oxygen atoms in total. The number of nitrogens with zero attached hydrogens (tertiary/aromatic N) is 1. The van der Waals surface area contributed by atoms with Crippen molar-refractivity contribution in [2.45, 2.75) is 0 Å². The fraction of sp³-hybridized carbons (Fsp3) is 0.158. The number of aromatic nitrogens is 1. The molecule has 3 rings (SSSR count). The molecule has 0 unspecified atom stereocenters. The number of rotatable bonds is 6. The van der Waals surface area contributed by atoms with Gasteiger partial charge in [0.1, 0.15) is 23.0 Å². The van der Waals surface area contributed by atoms with Gasteiger partial charge in [-0.1, -0.05) is 0 Å². The topological polar surface area (TPSA) is 89.9 Å². The Morgan fingerprint density at radius 2 is 1.74 bits per heavy atom. The summed E-state index contributed by atoms with van der Waals surface area (Å²) in [7, 11) is 4.64. The zero-order valence-electron chi connectivity index (χ0n) is 15.0. The minimum absolute atomic E-state index is 0.131. The second-order valence-electron chi connectivity index (χ2n) is 5.44. The molecule has 0 atom stereocenters. The number of nitrogens with one attached hydrogen (secondary N) is 1. The first-order valence-corrected chi connectivity index (χ1v) is 8.80. The molecule has 1 heterocycles. The number of benzene rings is 2. The molecule has 0 fully saturated rings. The normalized spacial score (nSPS) is 10.3. The number of carbonyl (C=O) groups is 1. The molecule has 8 heteroatoms. The minimum atomic E-state index is -0.464. The molecule has 2 N–H and O–H groups in total. The van der Waals surface area contributed by atoms with Crippen LogP contribution in [-0.2, 0) is 0 Å². The van der Waals surface area contributed by atoms with E-state index in [1.807, 2.05) is 6.07 Å². The van der Waals surface area contributed by atoms with E-state index < -0.39 is 5.91 Å². The van der Waals surface area contributed by atoms with Gasteiger partial charge in [0, 0.05) is 17.0 Å². The van der Waals surface area contributed by atoms with Crippen molar-refractivity contribution in [1.29, 1.82) is 0 Å². The quantitative estimate of drug-likeness (QED) is 0.670. The van der Waals surface area contributed by atoms with Crippen LogP contribution in [0.3, 0.4) is 0 Å². The third kappa shape index (κ3) is 3.95. The largest absolute Gasteiger partial charge is 0.507 e. The fourth-order valence-corrected chi connectivity index (χ4v) is 3.17. The zero-order chi connectivity index (χ0) is 19.4. The Hall–Kier alpha value is -3.26. The Bertz CT molecular complexity index is 970. The Morgan fingerprint density at radius 1 is 1.04 bits per heavy atom. The smallest absolute Gasteiger partial charge is 0.261 e. The van der Waals surface area contributed by atoms with E-state index in [2.05, 4.69) is 10.3 Å². The summed E-state index contributed by atoms with van der Waals surface area (Å²) in [4.78, 5) is 16.9. The standard InChI is InChI=1S/C19H18N2O5S/c1-24-11-5-7-17(26-3)14(8-11)15-10-27-19(20-15)21-18(23)13-6-4-12(25-2)9-16(13)22/h4-10,22H,1-3H3,(H,20,21,23). The molecule has 3 aromatic rings. The van der Waals surface area contributed by atoms with Gasteiger partial charge in [-0.15, -0.1) is 11.3 Å². The SMILES string of the molecule is COc1ccc(C(=O)Nc2nc(-c3cc(OC)ccc3OC)cs2)c(O)c1. The van der Waals surface area contributed by atoms with E-state index >= 15 is 0 Å². The zero-order valence-corrected chi connectivity index (χ0v) is 15.8. The molecule has 0 aliphatic heterocycles. The third-order valence-electron chi connectivity index (χ3n) is 3.86. The van der Waals surface area contributed by atoms with Gasteiger partial charge in [0.15, 0.2) is 5.13 Å². The molecule has 27 heavy (non-hydrogen) atoms. The molecule has 0 radical (unpaired) electrons. The van der Waals surface area contributed by atoms with E-state index in [1.165, 1.54) is 30.6 Å². The van der Waals surface area contributed by atoms with Gasteiger partial charge in [0.05, 0.1) is 32.6 Å². The van der Waals surface area contributed by atoms with Gasteiger partial charge >= 0.3 is 0 Å². The summed E-state index contributed by atoms with van der Waals surface area (Å²) in [5.41, 5.74) is 1.53. The number of thiazole rings is 1. The summed E-state index contributed by atoms with van der Waals surface area (Å²) in [5, 5.41) is 14.9. The van der Waals surface area contributed by atoms with Crippen molar-refractivity contribution in [3.05, 3.63) is 47.3 Å². The summed E-state index contributed by atoms with van der Waals surface area (Å²) < 4.78 is 15.6. The summed E-state index contributed by atoms with van der Waals surface area (Å²) in [5.74, 6) is 1.15. The predicted octanol–water partition coefficient (Wildman–Crippen LogP) is 3.79. The Morgan fingerprint density at radius 3 is 2.41 bits per heavy atom. The van der Waals surface area contributed by atoms with E-state index in [0.717, 1.165) is 5.56 Å². The first-order valence-electron chi connectivity index (χ1n) is 7.92. The number of amides is 1. The number of phenols is 1. The number of hydrogen-bond donors (Lipinski definition) is 2. The van der Waals surface area contributed by atoms with Crippen molar-refractivity contribution >= 4 is 22.4 Å². The molecule has 0 aliphatic carbocycles. The van der Waals surface area contributed by atoms with Crippen LogP contribution in [0.15, 0.2) is 41.8 Å². The second-order valence-corrected chi connectivity index (χ2v) is 6.30. The van der Waals surface area contributed by atoms with E-state index in [-0.39, 0.29) is 11.3 Å². The number of carbonyl (C=O) groups excluding carboxylic acids is 1. The van der Waals surface area contributed by atoms with Crippen LogP contribution in [0.2, 0.25) is 0 Å². The highest BCUT2D eigenvalue weighted by Gasteiger charge is 2.16. The van der Waals surface area contributed by atoms with Crippen LogP contribution in [0.4, 0.5) is 5.13 Å². The monoisotopic (exact) mass is 386 g/mol. The van der Waals surface area contributed by atoms with Crippen LogP contribution >= 0.6 is 11.3 Å². The minimum Gasteiger partial charge on any atom is -0.507 e. The molecule has 140 valence electrons. The van der Waals surface area contributed by atoms with Crippen LogP contribution in [0.25, 0.3) is 11.3 Å². The maximum Gasteiger partial charge on any atom is 0.261 e. The molecule has 1 aromatic heterocycles. The van der Waals surface area contributed by atoms with E-state index in [9.17, 15) is 9.90 Å². The Balaban J connectivity index is 1.83. The highest BCUT2D eigenvalue weighted by Crippen LogP contribution is 2.35. The first-order chi connectivity index (χ1) is 13.0. The lowest BCUT2D eigenvalue weighted by Crippen LogP contribution is -2.11. The average Bonchev–Trinajstić information content (AvgIpc) is 3.15. The lowest BCUT2D eigenvalue weighted by atomic mass is 10.1. The number of anilines is 1. The summed E-state index contributed by atoms with van der Waals surface area (Å²) in [6, 6.07) is 9.87. The Labute approximate surface area is 160 Å². The van der Waals surface area contributed by atoms with Gasteiger partial charge in [-0.05, 0) is 30.3 Å². The van der Waals surface area contributed by atoms with Crippen molar-refractivity contribution < 1.29 is 24.1 Å². The molecular weight excluding hydrogens is 368 g/mol. The lowest BCUT2D eigenvalue weighted by molar-refractivity contribution is 0.102. The number of aromatic hydroxyl groups is 1. The summed E-state index contributed by atoms with van der Waals surface area (Å²) >= 11 is 1.27. The van der Waals surface area contributed by atoms with Gasteiger partial charge in [0.25, 0.3) is 5.91 Å². The van der Waals surface area contributed by atoms with Gasteiger partial charge in [0.2, 0.25) is 0 Å². The van der Waals surface area contributed by atoms with Crippen LogP contribution in [0.1, 0.15) is 10.4 Å². The van der Waals surface area contributed by atoms with E-state index in [1.54, 1.807) is 37.8 Å². The molecule has 0 bridgehead atoms. The number of methoxy groups -OCH3 is 3. The molecular formula is C19H18N2O5S. The maximum absolute atomic E-state index is 12.4. The van der Waals surface area contributed by atoms with Crippen molar-refractivity contribution in [1.82, 2.24) is 4.98 Å². The summed E-state index contributed by atoms with van der Waals surface area (Å²) in [6.07, 6.45) is 0. The van der Waals surface area contributed by atoms with Gasteiger partial charge in [-0.2, -0.15) is 0 Å². The van der Waals surface area contributed by atoms with Crippen molar-refractivity contribution in [2.24, 2.45) is 0 Å². The molecule has 0 aliphatic rings. The van der Waals surface area contributed by atoms with Gasteiger partial charge < -0.3 is 19.3 Å². The molecule has 0 spiro atoms. The maximum atomic E-state index is 12.4. The van der Waals surface area contributed by atoms with Crippen molar-refractivity contribution in [3.8, 4) is 34.3 Å². The van der Waals surface area contributed by atoms with Crippen LogP contribution in [0.5, 0.6) is 23.0 Å². The van der Waals surface area contributed by atoms with Crippen LogP contribution in [-0.4, -0.2) is 37.3 Å². The van der Waals surface area contributed by atoms with Crippen LogP contribution < -0.4 is 19.5 Å². The fourth-order valence-electron chi connectivity index (χ4n) is 2.46. The van der Waals surface area contributed by atoms with Crippen molar-refractivity contribution in [3.63, 3.8) is 0 Å². The Kier molecular flexibility index (Phi) is 5.46. The number of phenolic OH excluding ortho intramolecular Hbond substituents is 1. The predicted molar refractivity (Wildman–Crippen MR) is 103 cm³/mol. The first kappa shape index (κ1) is 18.5. The average molecular weight is 386 g/mol. The summed E-state index contributed by atoms with van der Waals surface area (Å²) in [6.45, 7) is 0. The van der Waals surface area contributed by atoms with E-state index in [0.29, 0.717) is 28.1 Å². The number of hydrogen-bond acceptors (Lipinski definition) is 7. The molecule has 1 amide bonds.